The minimum absolute atomic E-state index is 0.0104. The molecule has 0 aliphatic carbocycles. The quantitative estimate of drug-likeness (QED) is 0.769. The molecule has 2 rings (SSSR count). The van der Waals surface area contributed by atoms with Crippen molar-refractivity contribution in [1.82, 2.24) is 9.55 Å². The molecule has 0 saturated carbocycles. The molecule has 0 unspecified atom stereocenters. The van der Waals surface area contributed by atoms with Crippen molar-refractivity contribution in [2.24, 2.45) is 0 Å². The number of aromatic nitrogens is 2. The monoisotopic (exact) mass is 214 g/mol. The van der Waals surface area contributed by atoms with Gasteiger partial charge in [-0.1, -0.05) is 26.0 Å². The molecule has 0 radical (unpaired) electrons. The summed E-state index contributed by atoms with van der Waals surface area (Å²) in [5, 5.41) is 0. The second-order valence-electron chi connectivity index (χ2n) is 3.98. The van der Waals surface area contributed by atoms with Crippen LogP contribution in [0.2, 0.25) is 0 Å². The third-order valence-corrected chi connectivity index (χ3v) is 2.49. The van der Waals surface area contributed by atoms with Gasteiger partial charge in [0, 0.05) is 18.0 Å². The minimum atomic E-state index is 0.0104. The lowest BCUT2D eigenvalue weighted by molar-refractivity contribution is 0.812. The lowest BCUT2D eigenvalue weighted by atomic mass is 10.1. The minimum Gasteiger partial charge on any atom is -0.269 e. The molecule has 16 heavy (non-hydrogen) atoms. The van der Waals surface area contributed by atoms with E-state index in [0.717, 1.165) is 5.56 Å². The molecule has 0 atom stereocenters. The molecular formula is C13H14N2O. The van der Waals surface area contributed by atoms with E-state index in [9.17, 15) is 4.79 Å². The van der Waals surface area contributed by atoms with Gasteiger partial charge >= 0.3 is 0 Å². The predicted octanol–water partition coefficient (Wildman–Crippen LogP) is 2.36. The lowest BCUT2D eigenvalue weighted by Gasteiger charge is -2.08. The molecule has 0 aromatic carbocycles. The maximum atomic E-state index is 12.1. The van der Waals surface area contributed by atoms with Gasteiger partial charge in [-0.15, -0.1) is 0 Å². The van der Waals surface area contributed by atoms with Crippen molar-refractivity contribution in [3.63, 3.8) is 0 Å². The molecule has 0 N–H and O–H groups in total. The van der Waals surface area contributed by atoms with E-state index in [2.05, 4.69) is 4.98 Å². The molecule has 0 amide bonds. The Morgan fingerprint density at radius 2 is 2.00 bits per heavy atom. The summed E-state index contributed by atoms with van der Waals surface area (Å²) in [5.74, 6) is 0.888. The molecule has 2 aromatic heterocycles. The van der Waals surface area contributed by atoms with Crippen LogP contribution in [0.3, 0.4) is 0 Å². The zero-order valence-corrected chi connectivity index (χ0v) is 9.42. The van der Waals surface area contributed by atoms with Crippen LogP contribution in [0, 0.1) is 0 Å². The fraction of sp³-hybridized carbons (Fsp3) is 0.231. The Hall–Kier alpha value is -1.90. The molecule has 0 aliphatic heterocycles. The van der Waals surface area contributed by atoms with Crippen LogP contribution in [0.25, 0.3) is 5.82 Å². The van der Waals surface area contributed by atoms with Crippen molar-refractivity contribution in [2.45, 2.75) is 19.8 Å². The van der Waals surface area contributed by atoms with E-state index in [1.807, 2.05) is 44.2 Å². The zero-order valence-electron chi connectivity index (χ0n) is 9.42. The highest BCUT2D eigenvalue weighted by molar-refractivity contribution is 5.26. The maximum Gasteiger partial charge on any atom is 0.259 e. The van der Waals surface area contributed by atoms with E-state index in [1.54, 1.807) is 17.0 Å². The Kier molecular flexibility index (Phi) is 2.86. The van der Waals surface area contributed by atoms with E-state index in [1.165, 1.54) is 0 Å². The van der Waals surface area contributed by atoms with Gasteiger partial charge in [0.15, 0.2) is 0 Å². The summed E-state index contributed by atoms with van der Waals surface area (Å²) in [5.41, 5.74) is 0.823. The SMILES string of the molecule is CC(C)c1cccn(-c2ccccn2)c1=O. The van der Waals surface area contributed by atoms with Crippen molar-refractivity contribution in [2.75, 3.05) is 0 Å². The van der Waals surface area contributed by atoms with E-state index < -0.39 is 0 Å². The first-order valence-corrected chi connectivity index (χ1v) is 5.33. The van der Waals surface area contributed by atoms with Gasteiger partial charge < -0.3 is 0 Å². The second-order valence-corrected chi connectivity index (χ2v) is 3.98. The third kappa shape index (κ3) is 1.89. The van der Waals surface area contributed by atoms with Crippen LogP contribution in [0.5, 0.6) is 0 Å². The molecule has 0 aliphatic rings. The Balaban J connectivity index is 2.60. The van der Waals surface area contributed by atoms with E-state index in [4.69, 9.17) is 0 Å². The van der Waals surface area contributed by atoms with Crippen LogP contribution in [0.4, 0.5) is 0 Å². The highest BCUT2D eigenvalue weighted by atomic mass is 16.1. The second kappa shape index (κ2) is 4.31. The molecule has 3 heteroatoms. The van der Waals surface area contributed by atoms with Gasteiger partial charge in [-0.05, 0) is 24.1 Å². The van der Waals surface area contributed by atoms with Gasteiger partial charge in [-0.3, -0.25) is 9.36 Å². The fourth-order valence-corrected chi connectivity index (χ4v) is 1.63. The van der Waals surface area contributed by atoms with Crippen molar-refractivity contribution < 1.29 is 0 Å². The Labute approximate surface area is 94.4 Å². The van der Waals surface area contributed by atoms with Gasteiger partial charge in [-0.25, -0.2) is 4.98 Å². The summed E-state index contributed by atoms with van der Waals surface area (Å²) in [4.78, 5) is 16.3. The first-order chi connectivity index (χ1) is 7.70. The summed E-state index contributed by atoms with van der Waals surface area (Å²) in [6.07, 6.45) is 3.43. The van der Waals surface area contributed by atoms with E-state index in [0.29, 0.717) is 5.82 Å². The zero-order chi connectivity index (χ0) is 11.5. The highest BCUT2D eigenvalue weighted by Gasteiger charge is 2.07. The van der Waals surface area contributed by atoms with Gasteiger partial charge in [0.1, 0.15) is 5.82 Å². The predicted molar refractivity (Wildman–Crippen MR) is 63.9 cm³/mol. The molecular weight excluding hydrogens is 200 g/mol. The van der Waals surface area contributed by atoms with Gasteiger partial charge in [-0.2, -0.15) is 0 Å². The number of pyridine rings is 2. The highest BCUT2D eigenvalue weighted by Crippen LogP contribution is 2.09. The van der Waals surface area contributed by atoms with Crippen LogP contribution in [-0.2, 0) is 0 Å². The number of hydrogen-bond donors (Lipinski definition) is 0. The number of rotatable bonds is 2. The normalized spacial score (nSPS) is 10.7. The first kappa shape index (κ1) is 10.6. The number of hydrogen-bond acceptors (Lipinski definition) is 2. The molecule has 0 saturated heterocycles. The van der Waals surface area contributed by atoms with Crippen molar-refractivity contribution in [3.05, 3.63) is 58.6 Å². The Bertz CT molecular complexity index is 529. The lowest BCUT2D eigenvalue weighted by Crippen LogP contribution is -2.22. The summed E-state index contributed by atoms with van der Waals surface area (Å²) in [6.45, 7) is 4.03. The average molecular weight is 214 g/mol. The fourth-order valence-electron chi connectivity index (χ4n) is 1.63. The number of nitrogens with zero attached hydrogens (tertiary/aromatic N) is 2. The van der Waals surface area contributed by atoms with Crippen LogP contribution >= 0.6 is 0 Å². The Morgan fingerprint density at radius 3 is 2.62 bits per heavy atom. The summed E-state index contributed by atoms with van der Waals surface area (Å²) >= 11 is 0. The van der Waals surface area contributed by atoms with Gasteiger partial charge in [0.2, 0.25) is 0 Å². The van der Waals surface area contributed by atoms with Crippen molar-refractivity contribution in [3.8, 4) is 5.82 Å². The molecule has 0 fully saturated rings. The van der Waals surface area contributed by atoms with Crippen molar-refractivity contribution in [1.29, 1.82) is 0 Å². The van der Waals surface area contributed by atoms with E-state index in [-0.39, 0.29) is 11.5 Å². The summed E-state index contributed by atoms with van der Waals surface area (Å²) in [7, 11) is 0. The topological polar surface area (TPSA) is 34.9 Å². The van der Waals surface area contributed by atoms with Crippen molar-refractivity contribution >= 4 is 0 Å². The van der Waals surface area contributed by atoms with Crippen LogP contribution < -0.4 is 5.56 Å². The standard InChI is InChI=1S/C13H14N2O/c1-10(2)11-6-5-9-15(13(11)16)12-7-3-4-8-14-12/h3-10H,1-2H3. The smallest absolute Gasteiger partial charge is 0.259 e. The molecule has 0 spiro atoms. The maximum absolute atomic E-state index is 12.1. The third-order valence-electron chi connectivity index (χ3n) is 2.49. The molecule has 2 aromatic rings. The van der Waals surface area contributed by atoms with Gasteiger partial charge in [0.05, 0.1) is 0 Å². The average Bonchev–Trinajstić information content (AvgIpc) is 2.30. The van der Waals surface area contributed by atoms with Crippen LogP contribution in [0.15, 0.2) is 47.5 Å². The molecule has 0 bridgehead atoms. The first-order valence-electron chi connectivity index (χ1n) is 5.33. The van der Waals surface area contributed by atoms with Crippen LogP contribution in [-0.4, -0.2) is 9.55 Å². The summed E-state index contributed by atoms with van der Waals surface area (Å²) in [6, 6.07) is 9.28. The van der Waals surface area contributed by atoms with Crippen LogP contribution in [0.1, 0.15) is 25.3 Å². The molecule has 82 valence electrons. The van der Waals surface area contributed by atoms with Gasteiger partial charge in [0.25, 0.3) is 5.56 Å². The Morgan fingerprint density at radius 1 is 1.19 bits per heavy atom. The van der Waals surface area contributed by atoms with E-state index >= 15 is 0 Å². The molecule has 3 nitrogen and oxygen atoms in total. The molecule has 2 heterocycles. The largest absolute Gasteiger partial charge is 0.269 e. The summed E-state index contributed by atoms with van der Waals surface area (Å²) < 4.78 is 1.58.